The zero-order valence-corrected chi connectivity index (χ0v) is 9.56. The van der Waals surface area contributed by atoms with Gasteiger partial charge in [-0.25, -0.2) is 4.79 Å². The summed E-state index contributed by atoms with van der Waals surface area (Å²) in [6.07, 6.45) is 2.51. The molecule has 0 fully saturated rings. The van der Waals surface area contributed by atoms with Crippen molar-refractivity contribution < 1.29 is 4.42 Å². The van der Waals surface area contributed by atoms with Crippen molar-refractivity contribution in [2.45, 2.75) is 6.42 Å². The Kier molecular flexibility index (Phi) is 2.49. The fraction of sp³-hybridized carbons (Fsp3) is 0.167. The normalized spacial score (nSPS) is 11.2. The number of fused-ring (bicyclic) bond motifs is 1. The maximum absolute atomic E-state index is 11.1. The van der Waals surface area contributed by atoms with Gasteiger partial charge in [-0.05, 0) is 30.7 Å². The van der Waals surface area contributed by atoms with E-state index in [0.717, 1.165) is 23.2 Å². The van der Waals surface area contributed by atoms with E-state index in [-0.39, 0.29) is 0 Å². The van der Waals surface area contributed by atoms with Crippen molar-refractivity contribution in [1.82, 2.24) is 15.2 Å². The lowest BCUT2D eigenvalue weighted by atomic mass is 10.1. The molecule has 4 N–H and O–H groups in total. The van der Waals surface area contributed by atoms with Crippen LogP contribution in [0.25, 0.3) is 22.4 Å². The van der Waals surface area contributed by atoms with E-state index >= 15 is 0 Å². The van der Waals surface area contributed by atoms with E-state index in [4.69, 9.17) is 10.2 Å². The molecule has 3 aromatic rings. The van der Waals surface area contributed by atoms with Crippen LogP contribution in [0.15, 0.2) is 33.6 Å². The smallest absolute Gasteiger partial charge is 0.408 e. The van der Waals surface area contributed by atoms with Crippen molar-refractivity contribution in [1.29, 1.82) is 0 Å². The van der Waals surface area contributed by atoms with Crippen LogP contribution in [0.3, 0.4) is 0 Å². The van der Waals surface area contributed by atoms with Gasteiger partial charge in [0.2, 0.25) is 0 Å². The molecule has 0 aliphatic carbocycles. The highest BCUT2D eigenvalue weighted by molar-refractivity contribution is 5.79. The lowest BCUT2D eigenvalue weighted by molar-refractivity contribution is 0.555. The van der Waals surface area contributed by atoms with Crippen molar-refractivity contribution in [2.24, 2.45) is 5.73 Å². The first kappa shape index (κ1) is 10.8. The molecule has 1 aromatic carbocycles. The minimum Gasteiger partial charge on any atom is -0.408 e. The molecule has 3 rings (SSSR count). The summed E-state index contributed by atoms with van der Waals surface area (Å²) >= 11 is 0. The number of nitrogens with zero attached hydrogens (tertiary/aromatic N) is 1. The Morgan fingerprint density at radius 3 is 3.11 bits per heavy atom. The first-order valence-electron chi connectivity index (χ1n) is 5.63. The summed E-state index contributed by atoms with van der Waals surface area (Å²) in [6.45, 7) is 0.564. The van der Waals surface area contributed by atoms with Gasteiger partial charge in [0.05, 0.1) is 17.4 Å². The molecule has 0 bridgehead atoms. The number of nitrogens with two attached hydrogens (primary N) is 1. The number of nitrogens with one attached hydrogen (secondary N) is 2. The fourth-order valence-corrected chi connectivity index (χ4v) is 2.01. The van der Waals surface area contributed by atoms with Crippen LogP contribution in [0, 0.1) is 0 Å². The van der Waals surface area contributed by atoms with E-state index in [1.807, 2.05) is 12.1 Å². The molecule has 0 saturated carbocycles. The molecule has 0 spiro atoms. The molecular weight excluding hydrogens is 232 g/mol. The van der Waals surface area contributed by atoms with E-state index in [2.05, 4.69) is 15.2 Å². The van der Waals surface area contributed by atoms with Crippen LogP contribution in [0.5, 0.6) is 0 Å². The number of H-pyrrole nitrogens is 2. The Labute approximate surface area is 102 Å². The number of hydrogen-bond acceptors (Lipinski definition) is 4. The van der Waals surface area contributed by atoms with Crippen molar-refractivity contribution in [3.63, 3.8) is 0 Å². The Morgan fingerprint density at radius 2 is 2.28 bits per heavy atom. The van der Waals surface area contributed by atoms with Crippen LogP contribution >= 0.6 is 0 Å². The zero-order valence-electron chi connectivity index (χ0n) is 9.56. The Hall–Kier alpha value is -2.34. The van der Waals surface area contributed by atoms with Crippen molar-refractivity contribution in [2.75, 3.05) is 6.54 Å². The van der Waals surface area contributed by atoms with Crippen LogP contribution in [0.2, 0.25) is 0 Å². The molecule has 0 aliphatic heterocycles. The Morgan fingerprint density at radius 1 is 1.39 bits per heavy atom. The lowest BCUT2D eigenvalue weighted by Gasteiger charge is -2.01. The summed E-state index contributed by atoms with van der Waals surface area (Å²) in [6, 6.07) is 5.52. The van der Waals surface area contributed by atoms with Crippen molar-refractivity contribution >= 4 is 11.1 Å². The summed E-state index contributed by atoms with van der Waals surface area (Å²) in [5, 5.41) is 6.96. The number of hydrogen-bond donors (Lipinski definition) is 3. The third kappa shape index (κ3) is 1.72. The summed E-state index contributed by atoms with van der Waals surface area (Å²) in [5.41, 5.74) is 9.65. The Bertz CT molecular complexity index is 738. The molecule has 2 aromatic heterocycles. The van der Waals surface area contributed by atoms with Crippen molar-refractivity contribution in [3.8, 4) is 11.3 Å². The predicted molar refractivity (Wildman–Crippen MR) is 67.2 cm³/mol. The molecule has 6 nitrogen and oxygen atoms in total. The molecule has 2 heterocycles. The minimum absolute atomic E-state index is 0.450. The van der Waals surface area contributed by atoms with Gasteiger partial charge in [0, 0.05) is 5.56 Å². The number of aromatic amines is 2. The maximum atomic E-state index is 11.1. The molecule has 0 amide bonds. The first-order chi connectivity index (χ1) is 8.78. The van der Waals surface area contributed by atoms with Crippen LogP contribution in [-0.4, -0.2) is 21.7 Å². The van der Waals surface area contributed by atoms with Gasteiger partial charge in [0.25, 0.3) is 0 Å². The molecule has 18 heavy (non-hydrogen) atoms. The predicted octanol–water partition coefficient (Wildman–Crippen LogP) is 1.01. The van der Waals surface area contributed by atoms with Gasteiger partial charge in [0.15, 0.2) is 5.58 Å². The van der Waals surface area contributed by atoms with Crippen LogP contribution in [0.4, 0.5) is 0 Å². The second-order valence-corrected chi connectivity index (χ2v) is 4.03. The van der Waals surface area contributed by atoms with E-state index in [9.17, 15) is 4.79 Å². The lowest BCUT2D eigenvalue weighted by Crippen LogP contribution is -2.02. The highest BCUT2D eigenvalue weighted by atomic mass is 16.4. The van der Waals surface area contributed by atoms with E-state index in [0.29, 0.717) is 17.6 Å². The van der Waals surface area contributed by atoms with Crippen LogP contribution < -0.4 is 11.5 Å². The molecule has 92 valence electrons. The summed E-state index contributed by atoms with van der Waals surface area (Å²) in [5.74, 6) is -0.450. The second-order valence-electron chi connectivity index (χ2n) is 4.03. The monoisotopic (exact) mass is 244 g/mol. The standard InChI is InChI=1S/C12H12N4O2/c13-4-3-8-6-14-16-11(8)7-1-2-9-10(5-7)18-12(17)15-9/h1-2,5-6H,3-4,13H2,(H,14,16)(H,15,17). The minimum atomic E-state index is -0.450. The van der Waals surface area contributed by atoms with Crippen LogP contribution in [0.1, 0.15) is 5.56 Å². The van der Waals surface area contributed by atoms with Gasteiger partial charge in [-0.3, -0.25) is 10.1 Å². The molecule has 0 unspecified atom stereocenters. The number of oxazole rings is 1. The second kappa shape index (κ2) is 4.15. The fourth-order valence-electron chi connectivity index (χ4n) is 2.01. The number of rotatable bonds is 3. The maximum Gasteiger partial charge on any atom is 0.417 e. The van der Waals surface area contributed by atoms with Gasteiger partial charge in [0.1, 0.15) is 0 Å². The van der Waals surface area contributed by atoms with E-state index in [1.54, 1.807) is 12.3 Å². The molecule has 0 atom stereocenters. The van der Waals surface area contributed by atoms with Crippen molar-refractivity contribution in [3.05, 3.63) is 40.5 Å². The number of aromatic nitrogens is 3. The largest absolute Gasteiger partial charge is 0.417 e. The van der Waals surface area contributed by atoms with Gasteiger partial charge in [-0.1, -0.05) is 6.07 Å². The van der Waals surface area contributed by atoms with E-state index in [1.165, 1.54) is 0 Å². The third-order valence-corrected chi connectivity index (χ3v) is 2.84. The SMILES string of the molecule is NCCc1cn[nH]c1-c1ccc2[nH]c(=O)oc2c1. The van der Waals surface area contributed by atoms with Crippen LogP contribution in [-0.2, 0) is 6.42 Å². The quantitative estimate of drug-likeness (QED) is 0.640. The molecule has 0 radical (unpaired) electrons. The Balaban J connectivity index is 2.12. The van der Waals surface area contributed by atoms with Gasteiger partial charge in [-0.2, -0.15) is 5.10 Å². The topological polar surface area (TPSA) is 101 Å². The summed E-state index contributed by atoms with van der Waals surface area (Å²) in [7, 11) is 0. The van der Waals surface area contributed by atoms with Gasteiger partial charge in [-0.15, -0.1) is 0 Å². The molecule has 6 heteroatoms. The summed E-state index contributed by atoms with van der Waals surface area (Å²) in [4.78, 5) is 13.7. The zero-order chi connectivity index (χ0) is 12.5. The first-order valence-corrected chi connectivity index (χ1v) is 5.63. The number of benzene rings is 1. The van der Waals surface area contributed by atoms with Gasteiger partial charge < -0.3 is 10.2 Å². The van der Waals surface area contributed by atoms with Gasteiger partial charge >= 0.3 is 5.76 Å². The summed E-state index contributed by atoms with van der Waals surface area (Å²) < 4.78 is 5.04. The highest BCUT2D eigenvalue weighted by Gasteiger charge is 2.09. The molecule has 0 aliphatic rings. The van der Waals surface area contributed by atoms with E-state index < -0.39 is 5.76 Å². The molecular formula is C12H12N4O2. The molecule has 0 saturated heterocycles. The highest BCUT2D eigenvalue weighted by Crippen LogP contribution is 2.24. The average Bonchev–Trinajstić information content (AvgIpc) is 2.93. The average molecular weight is 244 g/mol. The third-order valence-electron chi connectivity index (χ3n) is 2.84.